The molecule has 4 heterocycles. The minimum atomic E-state index is -2.92. The Morgan fingerprint density at radius 3 is 2.73 bits per heavy atom. The van der Waals surface area contributed by atoms with Gasteiger partial charge in [0.25, 0.3) is 5.92 Å². The number of halogens is 2. The van der Waals surface area contributed by atoms with E-state index >= 15 is 0 Å². The van der Waals surface area contributed by atoms with Gasteiger partial charge in [-0.3, -0.25) is 4.79 Å². The summed E-state index contributed by atoms with van der Waals surface area (Å²) in [5.41, 5.74) is 2.48. The van der Waals surface area contributed by atoms with Gasteiger partial charge in [-0.1, -0.05) is 5.21 Å². The minimum absolute atomic E-state index is 0.0540. The molecule has 0 saturated carbocycles. The maximum atomic E-state index is 14.7. The van der Waals surface area contributed by atoms with Crippen molar-refractivity contribution in [1.29, 1.82) is 0 Å². The van der Waals surface area contributed by atoms with Crippen molar-refractivity contribution in [1.82, 2.24) is 20.0 Å². The van der Waals surface area contributed by atoms with Crippen molar-refractivity contribution in [3.05, 3.63) is 23.5 Å². The van der Waals surface area contributed by atoms with E-state index in [0.29, 0.717) is 35.9 Å². The van der Waals surface area contributed by atoms with Crippen LogP contribution in [0.3, 0.4) is 0 Å². The van der Waals surface area contributed by atoms with E-state index in [2.05, 4.69) is 15.3 Å². The zero-order valence-corrected chi connectivity index (χ0v) is 22.3. The van der Waals surface area contributed by atoms with E-state index in [1.807, 2.05) is 0 Å². The predicted octanol–water partition coefficient (Wildman–Crippen LogP) is 4.42. The van der Waals surface area contributed by atoms with Crippen molar-refractivity contribution in [2.45, 2.75) is 84.2 Å². The number of aromatic nitrogens is 4. The Morgan fingerprint density at radius 1 is 1.27 bits per heavy atom. The monoisotopic (exact) mass is 521 g/mol. The van der Waals surface area contributed by atoms with Crippen LogP contribution in [0.2, 0.25) is 0 Å². The van der Waals surface area contributed by atoms with Gasteiger partial charge >= 0.3 is 5.97 Å². The highest BCUT2D eigenvalue weighted by Crippen LogP contribution is 2.36. The molecule has 2 aliphatic heterocycles. The summed E-state index contributed by atoms with van der Waals surface area (Å²) in [7, 11) is 1.79. The highest BCUT2D eigenvalue weighted by molar-refractivity contribution is 5.70. The minimum Gasteiger partial charge on any atom is -0.460 e. The van der Waals surface area contributed by atoms with Crippen LogP contribution in [0.1, 0.15) is 64.3 Å². The Morgan fingerprint density at radius 2 is 2.05 bits per heavy atom. The number of anilines is 1. The molecule has 2 aromatic rings. The first-order valence-corrected chi connectivity index (χ1v) is 12.8. The highest BCUT2D eigenvalue weighted by atomic mass is 19.3. The van der Waals surface area contributed by atoms with Gasteiger partial charge in [0.15, 0.2) is 6.29 Å². The standard InChI is InChI=1S/C26H37F2N5O4/c1-17-20(33-14-18(13-26(27,28)16-33)12-22(34)37-25(2,3)4)10-9-19(29-17)24-21(32(5)31-30-24)15-36-23-8-6-7-11-35-23/h9-10,18,23H,6-8,11-16H2,1-5H3/t18-,23?/m0/s1. The maximum absolute atomic E-state index is 14.7. The number of esters is 1. The van der Waals surface area contributed by atoms with Gasteiger partial charge in [-0.05, 0) is 65.0 Å². The summed E-state index contributed by atoms with van der Waals surface area (Å²) in [5, 5.41) is 8.41. The summed E-state index contributed by atoms with van der Waals surface area (Å²) in [4.78, 5) is 18.6. The molecule has 2 saturated heterocycles. The number of piperidine rings is 1. The van der Waals surface area contributed by atoms with Crippen LogP contribution < -0.4 is 4.90 Å². The van der Waals surface area contributed by atoms with Crippen molar-refractivity contribution in [3.8, 4) is 11.4 Å². The molecule has 0 spiro atoms. The Hall–Kier alpha value is -2.66. The van der Waals surface area contributed by atoms with Crippen molar-refractivity contribution >= 4 is 11.7 Å². The van der Waals surface area contributed by atoms with E-state index in [1.54, 1.807) is 56.5 Å². The number of carbonyl (C=O) groups excluding carboxylic acids is 1. The largest absolute Gasteiger partial charge is 0.460 e. The third-order valence-corrected chi connectivity index (χ3v) is 6.49. The molecule has 2 atom stereocenters. The molecule has 0 amide bonds. The second kappa shape index (κ2) is 11.0. The fraction of sp³-hybridized carbons (Fsp3) is 0.692. The van der Waals surface area contributed by atoms with Crippen LogP contribution in [-0.2, 0) is 32.7 Å². The molecule has 2 aromatic heterocycles. The maximum Gasteiger partial charge on any atom is 0.306 e. The molecule has 2 fully saturated rings. The summed E-state index contributed by atoms with van der Waals surface area (Å²) in [6.07, 6.45) is 2.31. The van der Waals surface area contributed by atoms with Crippen molar-refractivity contribution < 1.29 is 27.8 Å². The van der Waals surface area contributed by atoms with Gasteiger partial charge in [-0.2, -0.15) is 0 Å². The van der Waals surface area contributed by atoms with E-state index in [-0.39, 0.29) is 25.7 Å². The first-order valence-electron chi connectivity index (χ1n) is 12.8. The Kier molecular flexibility index (Phi) is 8.13. The molecule has 11 heteroatoms. The molecular weight excluding hydrogens is 484 g/mol. The molecule has 0 radical (unpaired) electrons. The van der Waals surface area contributed by atoms with Crippen LogP contribution in [0.25, 0.3) is 11.4 Å². The lowest BCUT2D eigenvalue weighted by Crippen LogP contribution is -2.48. The number of hydrogen-bond donors (Lipinski definition) is 0. The fourth-order valence-corrected chi connectivity index (χ4v) is 4.92. The SMILES string of the molecule is Cc1nc(-c2nnn(C)c2COC2CCCCO2)ccc1N1C[C@@H](CC(=O)OC(C)(C)C)CC(F)(F)C1. The number of ether oxygens (including phenoxy) is 3. The molecule has 1 unspecified atom stereocenters. The van der Waals surface area contributed by atoms with E-state index in [4.69, 9.17) is 14.2 Å². The van der Waals surface area contributed by atoms with Crippen LogP contribution in [0.4, 0.5) is 14.5 Å². The lowest BCUT2D eigenvalue weighted by atomic mass is 9.91. The van der Waals surface area contributed by atoms with Crippen LogP contribution in [0.5, 0.6) is 0 Å². The third kappa shape index (κ3) is 7.22. The summed E-state index contributed by atoms with van der Waals surface area (Å²) in [6.45, 7) is 7.95. The number of aryl methyl sites for hydroxylation is 2. The number of alkyl halides is 2. The van der Waals surface area contributed by atoms with Gasteiger partial charge in [0, 0.05) is 26.6 Å². The summed E-state index contributed by atoms with van der Waals surface area (Å²) in [6, 6.07) is 3.55. The molecule has 204 valence electrons. The van der Waals surface area contributed by atoms with Gasteiger partial charge in [-0.25, -0.2) is 18.4 Å². The molecule has 2 aliphatic rings. The first-order chi connectivity index (χ1) is 17.4. The molecule has 9 nitrogen and oxygen atoms in total. The van der Waals surface area contributed by atoms with Crippen molar-refractivity contribution in [2.24, 2.45) is 13.0 Å². The lowest BCUT2D eigenvalue weighted by molar-refractivity contribution is -0.169. The second-order valence-electron chi connectivity index (χ2n) is 11.0. The number of pyridine rings is 1. The summed E-state index contributed by atoms with van der Waals surface area (Å²) >= 11 is 0. The van der Waals surface area contributed by atoms with Crippen molar-refractivity contribution in [3.63, 3.8) is 0 Å². The van der Waals surface area contributed by atoms with Crippen LogP contribution in [0.15, 0.2) is 12.1 Å². The lowest BCUT2D eigenvalue weighted by Gasteiger charge is -2.39. The fourth-order valence-electron chi connectivity index (χ4n) is 4.92. The van der Waals surface area contributed by atoms with E-state index in [1.165, 1.54) is 0 Å². The topological polar surface area (TPSA) is 91.6 Å². The first kappa shape index (κ1) is 27.4. The van der Waals surface area contributed by atoms with Crippen LogP contribution >= 0.6 is 0 Å². The third-order valence-electron chi connectivity index (χ3n) is 6.49. The average molecular weight is 522 g/mol. The number of hydrogen-bond acceptors (Lipinski definition) is 8. The van der Waals surface area contributed by atoms with Gasteiger partial charge in [-0.15, -0.1) is 5.10 Å². The molecule has 4 rings (SSSR count). The second-order valence-corrected chi connectivity index (χ2v) is 11.0. The Bertz CT molecular complexity index is 1100. The number of rotatable bonds is 7. The summed E-state index contributed by atoms with van der Waals surface area (Å²) in [5.74, 6) is -3.91. The molecular formula is C26H37F2N5O4. The smallest absolute Gasteiger partial charge is 0.306 e. The quantitative estimate of drug-likeness (QED) is 0.495. The van der Waals surface area contributed by atoms with Crippen LogP contribution in [-0.4, -0.2) is 63.5 Å². The number of carbonyl (C=O) groups is 1. The van der Waals surface area contributed by atoms with Crippen LogP contribution in [0, 0.1) is 12.8 Å². The Labute approximate surface area is 216 Å². The molecule has 0 N–H and O–H groups in total. The van der Waals surface area contributed by atoms with E-state index in [9.17, 15) is 13.6 Å². The number of nitrogens with zero attached hydrogens (tertiary/aromatic N) is 5. The summed E-state index contributed by atoms with van der Waals surface area (Å²) < 4.78 is 48.0. The van der Waals surface area contributed by atoms with Crippen molar-refractivity contribution in [2.75, 3.05) is 24.6 Å². The zero-order valence-electron chi connectivity index (χ0n) is 22.3. The molecule has 37 heavy (non-hydrogen) atoms. The highest BCUT2D eigenvalue weighted by Gasteiger charge is 2.42. The molecule has 0 aliphatic carbocycles. The molecule has 0 aromatic carbocycles. The van der Waals surface area contributed by atoms with Gasteiger partial charge in [0.1, 0.15) is 11.3 Å². The zero-order chi connectivity index (χ0) is 26.8. The van der Waals surface area contributed by atoms with Gasteiger partial charge in [0.05, 0.1) is 42.3 Å². The van der Waals surface area contributed by atoms with Gasteiger partial charge in [0.2, 0.25) is 0 Å². The molecule has 0 bridgehead atoms. The van der Waals surface area contributed by atoms with Gasteiger partial charge < -0.3 is 19.1 Å². The predicted molar refractivity (Wildman–Crippen MR) is 133 cm³/mol. The van der Waals surface area contributed by atoms with E-state index < -0.39 is 30.0 Å². The normalized spacial score (nSPS) is 22.2. The average Bonchev–Trinajstić information content (AvgIpc) is 3.16. The van der Waals surface area contributed by atoms with E-state index in [0.717, 1.165) is 25.0 Å². The Balaban J connectivity index is 1.49.